The molecule has 1 aromatic carbocycles. The zero-order chi connectivity index (χ0) is 14.2. The molecule has 0 saturated heterocycles. The Hall–Kier alpha value is -1.82. The Balaban J connectivity index is 2.57. The highest BCUT2D eigenvalue weighted by atomic mass is 32.1. The number of hydrogen-bond acceptors (Lipinski definition) is 5. The number of amides is 1. The van der Waals surface area contributed by atoms with Crippen LogP contribution >= 0.6 is 11.3 Å². The smallest absolute Gasteiger partial charge is 0.410 e. The van der Waals surface area contributed by atoms with Crippen molar-refractivity contribution in [3.8, 4) is 5.75 Å². The summed E-state index contributed by atoms with van der Waals surface area (Å²) in [4.78, 5) is 15.9. The van der Waals surface area contributed by atoms with Crippen molar-refractivity contribution in [3.63, 3.8) is 0 Å². The predicted molar refractivity (Wildman–Crippen MR) is 77.9 cm³/mol. The maximum Gasteiger partial charge on any atom is 0.412 e. The number of nitrogens with one attached hydrogen (secondary N) is 1. The number of fused-ring (bicyclic) bond motifs is 1. The van der Waals surface area contributed by atoms with Crippen molar-refractivity contribution in [2.24, 2.45) is 0 Å². The average Bonchev–Trinajstić information content (AvgIpc) is 2.75. The molecule has 2 rings (SSSR count). The lowest BCUT2D eigenvalue weighted by Crippen LogP contribution is -2.26. The van der Waals surface area contributed by atoms with Crippen LogP contribution < -0.4 is 15.8 Å². The molecule has 0 aliphatic rings. The van der Waals surface area contributed by atoms with E-state index >= 15 is 0 Å². The van der Waals surface area contributed by atoms with E-state index in [0.29, 0.717) is 17.4 Å². The van der Waals surface area contributed by atoms with E-state index in [0.717, 1.165) is 26.9 Å². The number of rotatable bonds is 2. The van der Waals surface area contributed by atoms with Gasteiger partial charge in [0.05, 0.1) is 10.2 Å². The molecule has 3 N–H and O–H groups in total. The van der Waals surface area contributed by atoms with Crippen LogP contribution in [0.25, 0.3) is 10.2 Å². The van der Waals surface area contributed by atoms with Crippen molar-refractivity contribution in [2.45, 2.75) is 27.7 Å². The minimum absolute atomic E-state index is 0.440. The molecule has 2 aromatic rings. The van der Waals surface area contributed by atoms with Crippen molar-refractivity contribution in [1.82, 2.24) is 10.3 Å². The van der Waals surface area contributed by atoms with Crippen LogP contribution in [0.3, 0.4) is 0 Å². The van der Waals surface area contributed by atoms with Gasteiger partial charge in [0.1, 0.15) is 5.75 Å². The van der Waals surface area contributed by atoms with Crippen LogP contribution in [-0.4, -0.2) is 17.6 Å². The van der Waals surface area contributed by atoms with Gasteiger partial charge < -0.3 is 15.8 Å². The Labute approximate surface area is 115 Å². The van der Waals surface area contributed by atoms with Gasteiger partial charge in [0, 0.05) is 12.1 Å². The predicted octanol–water partition coefficient (Wildman–Crippen LogP) is 2.91. The minimum atomic E-state index is -0.440. The molecule has 102 valence electrons. The quantitative estimate of drug-likeness (QED) is 0.886. The molecule has 0 bridgehead atoms. The number of aryl methyl sites for hydroxylation is 2. The third kappa shape index (κ3) is 2.35. The fourth-order valence-electron chi connectivity index (χ4n) is 2.00. The SMILES string of the molecule is CCNC(=O)Oc1c(C)c(C)c2nc(N)sc2c1C. The Bertz CT molecular complexity index is 649. The fraction of sp³-hybridized carbons (Fsp3) is 0.385. The number of carbonyl (C=O) groups excluding carboxylic acids is 1. The number of nitrogen functional groups attached to an aromatic ring is 1. The summed E-state index contributed by atoms with van der Waals surface area (Å²) in [6, 6.07) is 0. The summed E-state index contributed by atoms with van der Waals surface area (Å²) in [5.41, 5.74) is 9.47. The van der Waals surface area contributed by atoms with Crippen LogP contribution in [0.15, 0.2) is 0 Å². The number of nitrogens with zero attached hydrogens (tertiary/aromatic N) is 1. The van der Waals surface area contributed by atoms with Gasteiger partial charge in [-0.15, -0.1) is 0 Å². The van der Waals surface area contributed by atoms with Crippen LogP contribution in [0.2, 0.25) is 0 Å². The van der Waals surface area contributed by atoms with Gasteiger partial charge in [-0.05, 0) is 38.8 Å². The molecule has 1 aromatic heterocycles. The van der Waals surface area contributed by atoms with Crippen LogP contribution in [0.5, 0.6) is 5.75 Å². The van der Waals surface area contributed by atoms with Gasteiger partial charge in [-0.1, -0.05) is 11.3 Å². The third-order valence-corrected chi connectivity index (χ3v) is 4.10. The maximum absolute atomic E-state index is 11.6. The van der Waals surface area contributed by atoms with E-state index in [2.05, 4.69) is 10.3 Å². The first-order valence-corrected chi connectivity index (χ1v) is 6.88. The molecule has 0 saturated carbocycles. The van der Waals surface area contributed by atoms with Gasteiger partial charge in [0.25, 0.3) is 0 Å². The summed E-state index contributed by atoms with van der Waals surface area (Å²) in [7, 11) is 0. The van der Waals surface area contributed by atoms with Crippen molar-refractivity contribution in [3.05, 3.63) is 16.7 Å². The number of ether oxygens (including phenoxy) is 1. The van der Waals surface area contributed by atoms with E-state index in [-0.39, 0.29) is 0 Å². The van der Waals surface area contributed by atoms with Crippen LogP contribution in [0.4, 0.5) is 9.93 Å². The van der Waals surface area contributed by atoms with E-state index in [9.17, 15) is 4.79 Å². The second-order valence-electron chi connectivity index (χ2n) is 4.35. The van der Waals surface area contributed by atoms with E-state index in [1.807, 2.05) is 27.7 Å². The molecule has 5 nitrogen and oxygen atoms in total. The third-order valence-electron chi connectivity index (χ3n) is 3.10. The Morgan fingerprint density at radius 3 is 2.63 bits per heavy atom. The Kier molecular flexibility index (Phi) is 3.61. The highest BCUT2D eigenvalue weighted by molar-refractivity contribution is 7.22. The van der Waals surface area contributed by atoms with Gasteiger partial charge >= 0.3 is 6.09 Å². The number of carbonyl (C=O) groups is 1. The molecule has 0 spiro atoms. The first-order chi connectivity index (χ1) is 8.95. The average molecular weight is 279 g/mol. The van der Waals surface area contributed by atoms with Crippen molar-refractivity contribution >= 4 is 32.8 Å². The molecular formula is C13H17N3O2S. The van der Waals surface area contributed by atoms with Gasteiger partial charge in [0.2, 0.25) is 0 Å². The van der Waals surface area contributed by atoms with Crippen molar-refractivity contribution in [1.29, 1.82) is 0 Å². The number of hydrogen-bond donors (Lipinski definition) is 2. The number of anilines is 1. The largest absolute Gasteiger partial charge is 0.412 e. The van der Waals surface area contributed by atoms with E-state index in [1.165, 1.54) is 11.3 Å². The van der Waals surface area contributed by atoms with Gasteiger partial charge in [-0.25, -0.2) is 9.78 Å². The summed E-state index contributed by atoms with van der Waals surface area (Å²) in [5, 5.41) is 3.15. The van der Waals surface area contributed by atoms with Crippen LogP contribution in [-0.2, 0) is 0 Å². The highest BCUT2D eigenvalue weighted by Gasteiger charge is 2.18. The second kappa shape index (κ2) is 5.05. The van der Waals surface area contributed by atoms with Gasteiger partial charge in [-0.3, -0.25) is 0 Å². The zero-order valence-electron chi connectivity index (χ0n) is 11.5. The molecule has 1 heterocycles. The van der Waals surface area contributed by atoms with Gasteiger partial charge in [0.15, 0.2) is 5.13 Å². The molecule has 0 aliphatic carbocycles. The first-order valence-electron chi connectivity index (χ1n) is 6.07. The summed E-state index contributed by atoms with van der Waals surface area (Å²) >= 11 is 1.41. The summed E-state index contributed by atoms with van der Waals surface area (Å²) in [6.07, 6.45) is -0.440. The van der Waals surface area contributed by atoms with E-state index < -0.39 is 6.09 Å². The fourth-order valence-corrected chi connectivity index (χ4v) is 2.89. The molecule has 0 fully saturated rings. The topological polar surface area (TPSA) is 77.2 Å². The number of benzene rings is 1. The normalized spacial score (nSPS) is 10.7. The summed E-state index contributed by atoms with van der Waals surface area (Å²) in [5.74, 6) is 0.597. The van der Waals surface area contributed by atoms with E-state index in [1.54, 1.807) is 0 Å². The highest BCUT2D eigenvalue weighted by Crippen LogP contribution is 2.38. The number of nitrogens with two attached hydrogens (primary N) is 1. The van der Waals surface area contributed by atoms with Gasteiger partial charge in [-0.2, -0.15) is 0 Å². The molecule has 1 amide bonds. The molecule has 0 unspecified atom stereocenters. The summed E-state index contributed by atoms with van der Waals surface area (Å²) in [6.45, 7) is 8.18. The minimum Gasteiger partial charge on any atom is -0.410 e. The molecular weight excluding hydrogens is 262 g/mol. The van der Waals surface area contributed by atoms with Crippen LogP contribution in [0.1, 0.15) is 23.6 Å². The lowest BCUT2D eigenvalue weighted by molar-refractivity contribution is 0.200. The van der Waals surface area contributed by atoms with Crippen molar-refractivity contribution in [2.75, 3.05) is 12.3 Å². The monoisotopic (exact) mass is 279 g/mol. The zero-order valence-corrected chi connectivity index (χ0v) is 12.3. The van der Waals surface area contributed by atoms with Crippen LogP contribution in [0, 0.1) is 20.8 Å². The number of thiazole rings is 1. The molecule has 6 heteroatoms. The van der Waals surface area contributed by atoms with Crippen molar-refractivity contribution < 1.29 is 9.53 Å². The number of aromatic nitrogens is 1. The van der Waals surface area contributed by atoms with E-state index in [4.69, 9.17) is 10.5 Å². The Morgan fingerprint density at radius 1 is 1.32 bits per heavy atom. The first kappa shape index (κ1) is 13.6. The Morgan fingerprint density at radius 2 is 2.00 bits per heavy atom. The summed E-state index contributed by atoms with van der Waals surface area (Å²) < 4.78 is 6.37. The molecule has 19 heavy (non-hydrogen) atoms. The standard InChI is InChI=1S/C13H17N3O2S/c1-5-15-13(17)18-10-7(3)6(2)9-11(8(10)4)19-12(14)16-9/h5H2,1-4H3,(H2,14,16)(H,15,17). The maximum atomic E-state index is 11.6. The lowest BCUT2D eigenvalue weighted by Gasteiger charge is -2.13. The molecule has 0 aliphatic heterocycles. The molecule has 0 radical (unpaired) electrons. The second-order valence-corrected chi connectivity index (χ2v) is 5.38. The molecule has 0 atom stereocenters. The lowest BCUT2D eigenvalue weighted by atomic mass is 10.0.